The van der Waals surface area contributed by atoms with E-state index in [0.717, 1.165) is 0 Å². The van der Waals surface area contributed by atoms with Gasteiger partial charge in [0.1, 0.15) is 22.9 Å². The van der Waals surface area contributed by atoms with E-state index in [0.29, 0.717) is 17.2 Å². The van der Waals surface area contributed by atoms with Crippen molar-refractivity contribution in [2.24, 2.45) is 0 Å². The van der Waals surface area contributed by atoms with Crippen LogP contribution in [-0.4, -0.2) is 32.6 Å². The van der Waals surface area contributed by atoms with Gasteiger partial charge in [-0.25, -0.2) is 4.39 Å². The largest absolute Gasteiger partial charge is 0.463 e. The van der Waals surface area contributed by atoms with Gasteiger partial charge in [-0.3, -0.25) is 4.79 Å². The van der Waals surface area contributed by atoms with Gasteiger partial charge < -0.3 is 14.8 Å². The van der Waals surface area contributed by atoms with Crippen molar-refractivity contribution in [2.45, 2.75) is 19.4 Å². The van der Waals surface area contributed by atoms with Crippen LogP contribution in [-0.2, 0) is 5.60 Å². The fraction of sp³-hybridized carbons (Fsp3) is 0.235. The smallest absolute Gasteiger partial charge is 0.273 e. The van der Waals surface area contributed by atoms with Crippen LogP contribution in [0.4, 0.5) is 4.39 Å². The highest BCUT2D eigenvalue weighted by Crippen LogP contribution is 2.22. The summed E-state index contributed by atoms with van der Waals surface area (Å²) in [6.45, 7) is 3.26. The minimum Gasteiger partial charge on any atom is -0.463 e. The van der Waals surface area contributed by atoms with Crippen LogP contribution in [0.2, 0.25) is 0 Å². The summed E-state index contributed by atoms with van der Waals surface area (Å²) in [6, 6.07) is 8.95. The van der Waals surface area contributed by atoms with Gasteiger partial charge in [-0.1, -0.05) is 0 Å². The van der Waals surface area contributed by atoms with Crippen LogP contribution in [0.5, 0.6) is 0 Å². The highest BCUT2D eigenvalue weighted by Gasteiger charge is 2.28. The zero-order chi connectivity index (χ0) is 18.0. The molecule has 25 heavy (non-hydrogen) atoms. The van der Waals surface area contributed by atoms with Crippen molar-refractivity contribution in [3.8, 4) is 5.69 Å². The zero-order valence-corrected chi connectivity index (χ0v) is 13.7. The second-order valence-corrected chi connectivity index (χ2v) is 5.86. The van der Waals surface area contributed by atoms with Crippen molar-refractivity contribution in [3.63, 3.8) is 0 Å². The minimum absolute atomic E-state index is 0.0534. The van der Waals surface area contributed by atoms with Gasteiger partial charge in [-0.2, -0.15) is 9.90 Å². The molecule has 0 aliphatic heterocycles. The molecule has 0 aliphatic carbocycles. The SMILES string of the molecule is Cc1ccc(C(C)(O)CNC(=O)c2cnn(-c3ccc(F)cc3)n2)o1. The number of nitrogens with zero attached hydrogens (tertiary/aromatic N) is 3. The Hall–Kier alpha value is -3.00. The van der Waals surface area contributed by atoms with Gasteiger partial charge in [0.05, 0.1) is 18.4 Å². The van der Waals surface area contributed by atoms with E-state index in [1.54, 1.807) is 26.0 Å². The first-order valence-electron chi connectivity index (χ1n) is 7.61. The Morgan fingerprint density at radius 2 is 2.04 bits per heavy atom. The van der Waals surface area contributed by atoms with Crippen molar-refractivity contribution in [2.75, 3.05) is 6.54 Å². The molecule has 8 heteroatoms. The number of amides is 1. The summed E-state index contributed by atoms with van der Waals surface area (Å²) in [7, 11) is 0. The van der Waals surface area contributed by atoms with E-state index in [-0.39, 0.29) is 18.1 Å². The summed E-state index contributed by atoms with van der Waals surface area (Å²) in [4.78, 5) is 13.4. The summed E-state index contributed by atoms with van der Waals surface area (Å²) in [6.07, 6.45) is 1.30. The number of carbonyl (C=O) groups excluding carboxylic acids is 1. The van der Waals surface area contributed by atoms with Gasteiger partial charge in [0, 0.05) is 0 Å². The maximum Gasteiger partial charge on any atom is 0.273 e. The first kappa shape index (κ1) is 16.8. The summed E-state index contributed by atoms with van der Waals surface area (Å²) in [5.41, 5.74) is -0.745. The van der Waals surface area contributed by atoms with Crippen LogP contribution >= 0.6 is 0 Å². The molecule has 130 valence electrons. The molecule has 0 spiro atoms. The van der Waals surface area contributed by atoms with Gasteiger partial charge >= 0.3 is 0 Å². The van der Waals surface area contributed by atoms with Crippen LogP contribution < -0.4 is 5.32 Å². The Morgan fingerprint density at radius 1 is 1.32 bits per heavy atom. The summed E-state index contributed by atoms with van der Waals surface area (Å²) in [5.74, 6) is 0.172. The third-order valence-electron chi connectivity index (χ3n) is 3.65. The van der Waals surface area contributed by atoms with Gasteiger partial charge in [0.25, 0.3) is 5.91 Å². The van der Waals surface area contributed by atoms with Crippen LogP contribution in [0.15, 0.2) is 47.0 Å². The lowest BCUT2D eigenvalue weighted by atomic mass is 10.0. The van der Waals surface area contributed by atoms with Gasteiger partial charge in [0.15, 0.2) is 5.69 Å². The minimum atomic E-state index is -1.35. The molecule has 1 atom stereocenters. The number of hydrogen-bond acceptors (Lipinski definition) is 5. The van der Waals surface area contributed by atoms with Crippen molar-refractivity contribution < 1.29 is 18.7 Å². The summed E-state index contributed by atoms with van der Waals surface area (Å²) in [5, 5.41) is 21.1. The number of furan rings is 1. The average molecular weight is 344 g/mol. The topological polar surface area (TPSA) is 93.2 Å². The molecule has 7 nitrogen and oxygen atoms in total. The second-order valence-electron chi connectivity index (χ2n) is 5.86. The first-order valence-corrected chi connectivity index (χ1v) is 7.61. The zero-order valence-electron chi connectivity index (χ0n) is 13.7. The Balaban J connectivity index is 1.67. The van der Waals surface area contributed by atoms with Gasteiger partial charge in [-0.05, 0) is 50.2 Å². The molecule has 0 fully saturated rings. The van der Waals surface area contributed by atoms with Crippen molar-refractivity contribution >= 4 is 5.91 Å². The summed E-state index contributed by atoms with van der Waals surface area (Å²) >= 11 is 0. The lowest BCUT2D eigenvalue weighted by Gasteiger charge is -2.20. The van der Waals surface area contributed by atoms with Crippen LogP contribution in [0.3, 0.4) is 0 Å². The molecule has 0 saturated heterocycles. The van der Waals surface area contributed by atoms with Crippen molar-refractivity contribution in [1.82, 2.24) is 20.3 Å². The molecule has 1 unspecified atom stereocenters. The molecule has 2 N–H and O–H groups in total. The lowest BCUT2D eigenvalue weighted by Crippen LogP contribution is -2.38. The maximum absolute atomic E-state index is 12.9. The number of aryl methyl sites for hydroxylation is 1. The molecule has 0 saturated carbocycles. The average Bonchev–Trinajstić information content (AvgIpc) is 3.23. The maximum atomic E-state index is 12.9. The molecule has 1 aromatic carbocycles. The number of nitrogens with one attached hydrogen (secondary N) is 1. The molecular formula is C17H17FN4O3. The number of aliphatic hydroxyl groups is 1. The van der Waals surface area contributed by atoms with Crippen molar-refractivity contribution in [1.29, 1.82) is 0 Å². The fourth-order valence-corrected chi connectivity index (χ4v) is 2.22. The second kappa shape index (κ2) is 6.48. The van der Waals surface area contributed by atoms with Gasteiger partial charge in [-0.15, -0.1) is 5.10 Å². The Labute approximate surface area is 143 Å². The third-order valence-corrected chi connectivity index (χ3v) is 3.65. The van der Waals surface area contributed by atoms with E-state index in [1.165, 1.54) is 35.3 Å². The van der Waals surface area contributed by atoms with E-state index in [2.05, 4.69) is 15.5 Å². The van der Waals surface area contributed by atoms with E-state index in [9.17, 15) is 14.3 Å². The lowest BCUT2D eigenvalue weighted by molar-refractivity contribution is 0.0322. The van der Waals surface area contributed by atoms with E-state index in [4.69, 9.17) is 4.42 Å². The highest BCUT2D eigenvalue weighted by atomic mass is 19.1. The molecule has 2 aromatic heterocycles. The van der Waals surface area contributed by atoms with Crippen LogP contribution in [0.1, 0.15) is 28.9 Å². The molecule has 0 radical (unpaired) electrons. The fourth-order valence-electron chi connectivity index (χ4n) is 2.22. The standard InChI is InChI=1S/C17H17FN4O3/c1-11-3-8-15(25-11)17(2,24)10-19-16(23)14-9-20-22(21-14)13-6-4-12(18)5-7-13/h3-9,24H,10H2,1-2H3,(H,19,23). The number of rotatable bonds is 5. The van der Waals surface area contributed by atoms with Crippen molar-refractivity contribution in [3.05, 3.63) is 65.6 Å². The normalized spacial score (nSPS) is 13.4. The number of halogens is 1. The van der Waals surface area contributed by atoms with Gasteiger partial charge in [0.2, 0.25) is 0 Å². The molecular weight excluding hydrogens is 327 g/mol. The third kappa shape index (κ3) is 3.74. The number of hydrogen-bond donors (Lipinski definition) is 2. The van der Waals surface area contributed by atoms with E-state index in [1.807, 2.05) is 0 Å². The van der Waals surface area contributed by atoms with E-state index < -0.39 is 11.5 Å². The predicted octanol–water partition coefficient (Wildman–Crippen LogP) is 1.95. The van der Waals surface area contributed by atoms with Crippen LogP contribution in [0, 0.1) is 12.7 Å². The van der Waals surface area contributed by atoms with Crippen LogP contribution in [0.25, 0.3) is 5.69 Å². The molecule has 3 rings (SSSR count). The molecule has 0 bridgehead atoms. The highest BCUT2D eigenvalue weighted by molar-refractivity contribution is 5.91. The number of aromatic nitrogens is 3. The molecule has 1 amide bonds. The number of carbonyl (C=O) groups is 1. The quantitative estimate of drug-likeness (QED) is 0.738. The molecule has 2 heterocycles. The molecule has 3 aromatic rings. The number of benzene rings is 1. The molecule has 0 aliphatic rings. The monoisotopic (exact) mass is 344 g/mol. The first-order chi connectivity index (χ1) is 11.8. The Morgan fingerprint density at radius 3 is 2.68 bits per heavy atom. The Kier molecular flexibility index (Phi) is 4.37. The predicted molar refractivity (Wildman–Crippen MR) is 86.7 cm³/mol. The Bertz CT molecular complexity index is 883. The van der Waals surface area contributed by atoms with E-state index >= 15 is 0 Å². The summed E-state index contributed by atoms with van der Waals surface area (Å²) < 4.78 is 18.3.